The fraction of sp³-hybridized carbons (Fsp3) is 0.357. The largest absolute Gasteiger partial charge is 0.478 e. The molecule has 0 atom stereocenters. The normalized spacial score (nSPS) is 15.5. The summed E-state index contributed by atoms with van der Waals surface area (Å²) in [6.07, 6.45) is 5.77. The maximum Gasteiger partial charge on any atom is 0.328 e. The molecule has 1 aromatic rings. The Bertz CT molecular complexity index is 548. The van der Waals surface area contributed by atoms with Crippen molar-refractivity contribution >= 4 is 23.4 Å². The second-order valence-corrected chi connectivity index (χ2v) is 4.72. The number of nitrogens with zero attached hydrogens (tertiary/aromatic N) is 2. The van der Waals surface area contributed by atoms with Crippen LogP contribution < -0.4 is 4.90 Å². The second-order valence-electron chi connectivity index (χ2n) is 4.72. The summed E-state index contributed by atoms with van der Waals surface area (Å²) < 4.78 is 0. The van der Waals surface area contributed by atoms with E-state index < -0.39 is 10.9 Å². The van der Waals surface area contributed by atoms with Gasteiger partial charge in [0.05, 0.1) is 4.92 Å². The van der Waals surface area contributed by atoms with E-state index in [2.05, 4.69) is 4.90 Å². The van der Waals surface area contributed by atoms with Gasteiger partial charge < -0.3 is 10.0 Å². The minimum atomic E-state index is -1.07. The maximum atomic E-state index is 10.8. The summed E-state index contributed by atoms with van der Waals surface area (Å²) in [5, 5.41) is 19.6. The first kappa shape index (κ1) is 14.0. The van der Waals surface area contributed by atoms with Gasteiger partial charge in [-0.25, -0.2) is 4.79 Å². The van der Waals surface area contributed by atoms with Crippen LogP contribution in [0.1, 0.15) is 24.8 Å². The Labute approximate surface area is 116 Å². The van der Waals surface area contributed by atoms with Gasteiger partial charge in [0, 0.05) is 42.5 Å². The zero-order valence-corrected chi connectivity index (χ0v) is 11.0. The lowest BCUT2D eigenvalue weighted by Crippen LogP contribution is -2.29. The van der Waals surface area contributed by atoms with Gasteiger partial charge in [0.2, 0.25) is 0 Å². The summed E-state index contributed by atoms with van der Waals surface area (Å²) in [4.78, 5) is 23.1. The number of hydrogen-bond acceptors (Lipinski definition) is 4. The van der Waals surface area contributed by atoms with Crippen LogP contribution in [0, 0.1) is 10.1 Å². The highest BCUT2D eigenvalue weighted by atomic mass is 16.6. The van der Waals surface area contributed by atoms with Crippen molar-refractivity contribution in [1.82, 2.24) is 0 Å². The number of hydrogen-bond donors (Lipinski definition) is 1. The number of non-ortho nitro benzene ring substituents is 1. The highest BCUT2D eigenvalue weighted by molar-refractivity contribution is 5.87. The van der Waals surface area contributed by atoms with Crippen LogP contribution in [-0.4, -0.2) is 29.1 Å². The average molecular weight is 276 g/mol. The van der Waals surface area contributed by atoms with Gasteiger partial charge in [0.1, 0.15) is 0 Å². The molecule has 1 saturated heterocycles. The minimum absolute atomic E-state index is 0.0317. The highest BCUT2D eigenvalue weighted by Crippen LogP contribution is 2.28. The SMILES string of the molecule is O=C(O)/C=C/c1cc([N+](=O)[O-])ccc1N1CCCCC1. The first-order valence-corrected chi connectivity index (χ1v) is 6.52. The Morgan fingerprint density at radius 2 is 2.00 bits per heavy atom. The molecule has 0 aliphatic carbocycles. The molecule has 0 radical (unpaired) electrons. The van der Waals surface area contributed by atoms with E-state index in [4.69, 9.17) is 5.11 Å². The number of piperidine rings is 1. The van der Waals surface area contributed by atoms with Crippen molar-refractivity contribution in [2.75, 3.05) is 18.0 Å². The van der Waals surface area contributed by atoms with Crippen molar-refractivity contribution in [2.45, 2.75) is 19.3 Å². The Morgan fingerprint density at radius 1 is 1.30 bits per heavy atom. The van der Waals surface area contributed by atoms with Gasteiger partial charge in [0.25, 0.3) is 5.69 Å². The van der Waals surface area contributed by atoms with Gasteiger partial charge in [-0.05, 0) is 31.4 Å². The van der Waals surface area contributed by atoms with Gasteiger partial charge in [-0.3, -0.25) is 10.1 Å². The van der Waals surface area contributed by atoms with E-state index in [1.807, 2.05) is 0 Å². The number of rotatable bonds is 4. The fourth-order valence-corrected chi connectivity index (χ4v) is 2.37. The molecule has 20 heavy (non-hydrogen) atoms. The minimum Gasteiger partial charge on any atom is -0.478 e. The van der Waals surface area contributed by atoms with E-state index in [-0.39, 0.29) is 5.69 Å². The van der Waals surface area contributed by atoms with Crippen LogP contribution in [0.25, 0.3) is 6.08 Å². The van der Waals surface area contributed by atoms with Crippen LogP contribution in [0.3, 0.4) is 0 Å². The van der Waals surface area contributed by atoms with Crippen LogP contribution >= 0.6 is 0 Å². The van der Waals surface area contributed by atoms with Crippen LogP contribution in [0.5, 0.6) is 0 Å². The predicted octanol–water partition coefficient (Wildman–Crippen LogP) is 2.68. The molecule has 0 saturated carbocycles. The molecule has 1 fully saturated rings. The number of benzene rings is 1. The number of aliphatic carboxylic acids is 1. The predicted molar refractivity (Wildman–Crippen MR) is 75.8 cm³/mol. The van der Waals surface area contributed by atoms with E-state index in [0.717, 1.165) is 37.7 Å². The van der Waals surface area contributed by atoms with Gasteiger partial charge in [-0.1, -0.05) is 0 Å². The molecule has 2 rings (SSSR count). The molecule has 0 spiro atoms. The van der Waals surface area contributed by atoms with E-state index in [1.165, 1.54) is 24.6 Å². The molecule has 0 aromatic heterocycles. The molecule has 106 valence electrons. The number of anilines is 1. The maximum absolute atomic E-state index is 10.8. The van der Waals surface area contributed by atoms with Gasteiger partial charge in [-0.15, -0.1) is 0 Å². The quantitative estimate of drug-likeness (QED) is 0.519. The van der Waals surface area contributed by atoms with Crippen molar-refractivity contribution in [2.24, 2.45) is 0 Å². The third-order valence-electron chi connectivity index (χ3n) is 3.32. The topological polar surface area (TPSA) is 83.7 Å². The molecule has 0 unspecified atom stereocenters. The van der Waals surface area contributed by atoms with E-state index in [1.54, 1.807) is 6.07 Å². The standard InChI is InChI=1S/C14H16N2O4/c17-14(18)7-4-11-10-12(16(19)20)5-6-13(11)15-8-2-1-3-9-15/h4-7,10H,1-3,8-9H2,(H,17,18)/b7-4+. The van der Waals surface area contributed by atoms with E-state index >= 15 is 0 Å². The molecule has 1 heterocycles. The summed E-state index contributed by atoms with van der Waals surface area (Å²) in [6, 6.07) is 4.58. The number of carboxylic acid groups (broad SMARTS) is 1. The van der Waals surface area contributed by atoms with Crippen molar-refractivity contribution in [3.63, 3.8) is 0 Å². The summed E-state index contributed by atoms with van der Waals surface area (Å²) in [5.41, 5.74) is 1.40. The Kier molecular flexibility index (Phi) is 4.34. The summed E-state index contributed by atoms with van der Waals surface area (Å²) in [5.74, 6) is -1.07. The van der Waals surface area contributed by atoms with Gasteiger partial charge >= 0.3 is 5.97 Å². The lowest BCUT2D eigenvalue weighted by Gasteiger charge is -2.30. The van der Waals surface area contributed by atoms with Crippen LogP contribution in [-0.2, 0) is 4.79 Å². The zero-order valence-electron chi connectivity index (χ0n) is 11.0. The van der Waals surface area contributed by atoms with Crippen LogP contribution in [0.15, 0.2) is 24.3 Å². The van der Waals surface area contributed by atoms with Crippen molar-refractivity contribution in [3.05, 3.63) is 40.0 Å². The molecular weight excluding hydrogens is 260 g/mol. The van der Waals surface area contributed by atoms with E-state index in [9.17, 15) is 14.9 Å². The average Bonchev–Trinajstić information content (AvgIpc) is 2.45. The molecule has 1 aromatic carbocycles. The lowest BCUT2D eigenvalue weighted by molar-refractivity contribution is -0.384. The molecule has 1 aliphatic heterocycles. The molecule has 0 bridgehead atoms. The highest BCUT2D eigenvalue weighted by Gasteiger charge is 2.16. The Balaban J connectivity index is 2.38. The zero-order chi connectivity index (χ0) is 14.5. The van der Waals surface area contributed by atoms with Crippen LogP contribution in [0.4, 0.5) is 11.4 Å². The van der Waals surface area contributed by atoms with E-state index in [0.29, 0.717) is 5.56 Å². The van der Waals surface area contributed by atoms with Gasteiger partial charge in [-0.2, -0.15) is 0 Å². The molecular formula is C14H16N2O4. The fourth-order valence-electron chi connectivity index (χ4n) is 2.37. The monoisotopic (exact) mass is 276 g/mol. The van der Waals surface area contributed by atoms with Gasteiger partial charge in [0.15, 0.2) is 0 Å². The second kappa shape index (κ2) is 6.18. The van der Waals surface area contributed by atoms with Crippen LogP contribution in [0.2, 0.25) is 0 Å². The number of nitro benzene ring substituents is 1. The third kappa shape index (κ3) is 3.34. The molecule has 6 heteroatoms. The lowest BCUT2D eigenvalue weighted by atomic mass is 10.1. The van der Waals surface area contributed by atoms with Crippen molar-refractivity contribution in [3.8, 4) is 0 Å². The molecule has 1 N–H and O–H groups in total. The Morgan fingerprint density at radius 3 is 2.60 bits per heavy atom. The molecule has 0 amide bonds. The Hall–Kier alpha value is -2.37. The summed E-state index contributed by atoms with van der Waals surface area (Å²) in [7, 11) is 0. The van der Waals surface area contributed by atoms with Crippen molar-refractivity contribution in [1.29, 1.82) is 0 Å². The van der Waals surface area contributed by atoms with Crippen molar-refractivity contribution < 1.29 is 14.8 Å². The summed E-state index contributed by atoms with van der Waals surface area (Å²) in [6.45, 7) is 1.79. The third-order valence-corrected chi connectivity index (χ3v) is 3.32. The first-order valence-electron chi connectivity index (χ1n) is 6.52. The number of carbonyl (C=O) groups is 1. The first-order chi connectivity index (χ1) is 9.58. The number of nitro groups is 1. The molecule has 6 nitrogen and oxygen atoms in total. The summed E-state index contributed by atoms with van der Waals surface area (Å²) >= 11 is 0. The smallest absolute Gasteiger partial charge is 0.328 e. The number of carboxylic acids is 1. The molecule has 1 aliphatic rings.